The first kappa shape index (κ1) is 28.2. The molecule has 0 saturated carbocycles. The van der Waals surface area contributed by atoms with Gasteiger partial charge < -0.3 is 18.0 Å². The van der Waals surface area contributed by atoms with Crippen molar-refractivity contribution in [3.63, 3.8) is 0 Å². The van der Waals surface area contributed by atoms with Gasteiger partial charge in [-0.05, 0) is 6.42 Å². The van der Waals surface area contributed by atoms with Gasteiger partial charge in [0, 0.05) is 50.1 Å². The fraction of sp³-hybridized carbons (Fsp3) is 1.00. The van der Waals surface area contributed by atoms with Gasteiger partial charge in [-0.2, -0.15) is 8.78 Å². The zero-order valence-corrected chi connectivity index (χ0v) is 21.5. The summed E-state index contributed by atoms with van der Waals surface area (Å²) in [6.45, 7) is 7.25. The van der Waals surface area contributed by atoms with Crippen molar-refractivity contribution in [2.24, 2.45) is 0 Å². The molecule has 0 amide bonds. The average molecular weight is 465 g/mol. The molecule has 0 N–H and O–H groups in total. The van der Waals surface area contributed by atoms with Gasteiger partial charge in [0.15, 0.2) is 6.86 Å². The number of alkyl halides is 3. The van der Waals surface area contributed by atoms with Gasteiger partial charge >= 0.3 is 14.9 Å². The lowest BCUT2D eigenvalue weighted by molar-refractivity contribution is -0.278. The van der Waals surface area contributed by atoms with Crippen molar-refractivity contribution < 1.29 is 35.9 Å². The molecule has 170 valence electrons. The third kappa shape index (κ3) is 12.1. The van der Waals surface area contributed by atoms with E-state index in [0.29, 0.717) is 0 Å². The molecule has 0 fully saturated rings. The highest BCUT2D eigenvalue weighted by Crippen LogP contribution is 2.30. The summed E-state index contributed by atoms with van der Waals surface area (Å²) in [5.41, 5.74) is 0. The molecule has 0 heterocycles. The van der Waals surface area contributed by atoms with Gasteiger partial charge in [-0.25, -0.2) is 4.39 Å². The first-order valence-corrected chi connectivity index (χ1v) is 18.4. The topological polar surface area (TPSA) is 46.2 Å². The van der Waals surface area contributed by atoms with E-state index in [4.69, 9.17) is 18.0 Å². The van der Waals surface area contributed by atoms with Crippen molar-refractivity contribution in [1.82, 2.24) is 0 Å². The monoisotopic (exact) mass is 464 g/mol. The Morgan fingerprint density at radius 3 is 1.68 bits per heavy atom. The second-order valence-corrected chi connectivity index (χ2v) is 22.4. The van der Waals surface area contributed by atoms with Gasteiger partial charge in [-0.15, -0.1) is 0 Å². The molecular weight excluding hydrogens is 425 g/mol. The highest BCUT2D eigenvalue weighted by molar-refractivity contribution is 6.83. The Morgan fingerprint density at radius 1 is 0.750 bits per heavy atom. The Hall–Kier alpha value is 0.241. The maximum Gasteiger partial charge on any atom is 0.499 e. The zero-order chi connectivity index (χ0) is 21.9. The molecule has 0 aliphatic carbocycles. The summed E-state index contributed by atoms with van der Waals surface area (Å²) in [4.78, 5) is 0. The van der Waals surface area contributed by atoms with E-state index in [1.807, 2.05) is 0 Å². The molecule has 28 heavy (non-hydrogen) atoms. The van der Waals surface area contributed by atoms with Gasteiger partial charge in [0.1, 0.15) is 6.61 Å². The quantitative estimate of drug-likeness (QED) is 0.218. The summed E-state index contributed by atoms with van der Waals surface area (Å²) >= 11 is 0. The van der Waals surface area contributed by atoms with Gasteiger partial charge in [0.2, 0.25) is 0 Å². The summed E-state index contributed by atoms with van der Waals surface area (Å²) < 4.78 is 63.0. The summed E-state index contributed by atoms with van der Waals surface area (Å²) in [7, 11) is -0.430. The van der Waals surface area contributed by atoms with Crippen LogP contribution in [0.2, 0.25) is 56.4 Å². The van der Waals surface area contributed by atoms with E-state index in [9.17, 15) is 13.2 Å². The second-order valence-electron chi connectivity index (χ2n) is 8.67. The van der Waals surface area contributed by atoms with Crippen LogP contribution < -0.4 is 0 Å². The van der Waals surface area contributed by atoms with E-state index in [-0.39, 0.29) is 6.61 Å². The normalized spacial score (nSPS) is 13.9. The molecule has 0 rings (SSSR count). The molecule has 0 aliphatic heterocycles. The van der Waals surface area contributed by atoms with Crippen LogP contribution in [0, 0.1) is 0 Å². The van der Waals surface area contributed by atoms with Crippen LogP contribution in [0.3, 0.4) is 0 Å². The standard InChI is InChI=1S/C17H39F3O5Si3/c1-21-28(22-2,23-3)14-13-27(6,7)12-11-26(4,5)10-8-9-24-15-17(19,20)25-16-18/h8-16H2,1-7H3. The smallest absolute Gasteiger partial charge is 0.377 e. The minimum absolute atomic E-state index is 0.242. The summed E-state index contributed by atoms with van der Waals surface area (Å²) in [6, 6.07) is 5.36. The van der Waals surface area contributed by atoms with E-state index >= 15 is 0 Å². The van der Waals surface area contributed by atoms with Crippen LogP contribution >= 0.6 is 0 Å². The molecule has 0 unspecified atom stereocenters. The maximum atomic E-state index is 13.0. The van der Waals surface area contributed by atoms with Crippen LogP contribution in [-0.4, -0.2) is 72.5 Å². The molecule has 0 aliphatic rings. The third-order valence-corrected chi connectivity index (χ3v) is 15.4. The number of halogens is 3. The highest BCUT2D eigenvalue weighted by Gasteiger charge is 2.40. The van der Waals surface area contributed by atoms with Crippen molar-refractivity contribution >= 4 is 25.0 Å². The van der Waals surface area contributed by atoms with Crippen LogP contribution in [0.25, 0.3) is 0 Å². The first-order chi connectivity index (χ1) is 12.9. The van der Waals surface area contributed by atoms with E-state index in [0.717, 1.165) is 24.6 Å². The fourth-order valence-electron chi connectivity index (χ4n) is 2.94. The molecule has 0 aromatic carbocycles. The molecule has 0 atom stereocenters. The van der Waals surface area contributed by atoms with Crippen LogP contribution in [0.15, 0.2) is 0 Å². The van der Waals surface area contributed by atoms with Crippen molar-refractivity contribution in [2.75, 3.05) is 41.4 Å². The van der Waals surface area contributed by atoms with E-state index in [1.54, 1.807) is 21.3 Å². The van der Waals surface area contributed by atoms with Gasteiger partial charge in [-0.1, -0.05) is 50.4 Å². The number of hydrogen-bond acceptors (Lipinski definition) is 5. The fourth-order valence-corrected chi connectivity index (χ4v) is 15.0. The van der Waals surface area contributed by atoms with Crippen LogP contribution in [0.5, 0.6) is 0 Å². The summed E-state index contributed by atoms with van der Waals surface area (Å²) in [6.07, 6.45) is -2.82. The van der Waals surface area contributed by atoms with Crippen LogP contribution in [0.4, 0.5) is 13.2 Å². The molecule has 0 aromatic heterocycles. The van der Waals surface area contributed by atoms with Crippen LogP contribution in [0.1, 0.15) is 6.42 Å². The third-order valence-electron chi connectivity index (χ3n) is 5.20. The Kier molecular flexibility index (Phi) is 12.9. The SMILES string of the molecule is CO[Si](CC[Si](C)(C)CC[Si](C)(C)CCCOCC(F)(F)OCF)(OC)OC. The minimum Gasteiger partial charge on any atom is -0.377 e. The largest absolute Gasteiger partial charge is 0.499 e. The van der Waals surface area contributed by atoms with Gasteiger partial charge in [-0.3, -0.25) is 4.74 Å². The van der Waals surface area contributed by atoms with E-state index < -0.39 is 44.5 Å². The van der Waals surface area contributed by atoms with E-state index in [2.05, 4.69) is 30.9 Å². The second kappa shape index (κ2) is 12.8. The van der Waals surface area contributed by atoms with Crippen molar-refractivity contribution in [3.05, 3.63) is 0 Å². The van der Waals surface area contributed by atoms with Gasteiger partial charge in [0.25, 0.3) is 0 Å². The van der Waals surface area contributed by atoms with Crippen molar-refractivity contribution in [1.29, 1.82) is 0 Å². The molecule has 5 nitrogen and oxygen atoms in total. The Labute approximate surface area is 171 Å². The molecule has 0 radical (unpaired) electrons. The summed E-state index contributed by atoms with van der Waals surface area (Å²) in [5, 5.41) is 0. The molecule has 0 aromatic rings. The Balaban J connectivity index is 4.25. The highest BCUT2D eigenvalue weighted by atomic mass is 28.4. The molecule has 11 heteroatoms. The Bertz CT molecular complexity index is 417. The lowest BCUT2D eigenvalue weighted by Gasteiger charge is -2.31. The van der Waals surface area contributed by atoms with E-state index in [1.165, 1.54) is 12.1 Å². The molecule has 0 saturated heterocycles. The summed E-state index contributed by atoms with van der Waals surface area (Å²) in [5.74, 6) is 0. The lowest BCUT2D eigenvalue weighted by Crippen LogP contribution is -2.44. The maximum absolute atomic E-state index is 13.0. The first-order valence-electron chi connectivity index (χ1n) is 9.67. The van der Waals surface area contributed by atoms with Crippen molar-refractivity contribution in [3.8, 4) is 0 Å². The molecule has 0 bridgehead atoms. The number of rotatable bonds is 17. The predicted molar refractivity (Wildman–Crippen MR) is 113 cm³/mol. The lowest BCUT2D eigenvalue weighted by atomic mass is 10.5. The predicted octanol–water partition coefficient (Wildman–Crippen LogP) is 5.22. The number of ether oxygens (including phenoxy) is 2. The zero-order valence-electron chi connectivity index (χ0n) is 18.5. The van der Waals surface area contributed by atoms with Crippen LogP contribution in [-0.2, 0) is 22.8 Å². The Morgan fingerprint density at radius 2 is 1.21 bits per heavy atom. The van der Waals surface area contributed by atoms with Crippen molar-refractivity contribution in [2.45, 2.75) is 68.9 Å². The molecule has 0 spiro atoms. The minimum atomic E-state index is -3.55. The molecular formula is C17H39F3O5Si3. The van der Waals surface area contributed by atoms with Gasteiger partial charge in [0.05, 0.1) is 0 Å². The average Bonchev–Trinajstić information content (AvgIpc) is 2.61. The number of hydrogen-bond donors (Lipinski definition) is 0.